The van der Waals surface area contributed by atoms with Crippen LogP contribution in [-0.2, 0) is 9.47 Å². The summed E-state index contributed by atoms with van der Waals surface area (Å²) in [6, 6.07) is 0.270. The third kappa shape index (κ3) is 7.02. The molecule has 0 aliphatic rings. The number of methoxy groups -OCH3 is 1. The molecule has 3 heteroatoms. The lowest BCUT2D eigenvalue weighted by Crippen LogP contribution is -2.50. The molecule has 0 aromatic rings. The summed E-state index contributed by atoms with van der Waals surface area (Å²) in [5.74, 6) is 0. The Bertz CT molecular complexity index is 178. The van der Waals surface area contributed by atoms with E-state index in [0.29, 0.717) is 0 Å². The van der Waals surface area contributed by atoms with Crippen LogP contribution < -0.4 is 5.32 Å². The zero-order chi connectivity index (χ0) is 13.3. The minimum atomic E-state index is 0.121. The van der Waals surface area contributed by atoms with E-state index in [4.69, 9.17) is 9.47 Å². The number of hydrogen-bond acceptors (Lipinski definition) is 3. The standard InChI is InChI=1S/C14H31NO2/c1-7-9-15-12(11-17-10-8-2)13(16-6)14(3,4)5/h12-13,15H,7-11H2,1-6H3. The van der Waals surface area contributed by atoms with Crippen LogP contribution in [0.5, 0.6) is 0 Å². The average molecular weight is 245 g/mol. The second-order valence-corrected chi connectivity index (χ2v) is 5.66. The van der Waals surface area contributed by atoms with Crippen LogP contribution in [0.25, 0.3) is 0 Å². The quantitative estimate of drug-likeness (QED) is 0.634. The Hall–Kier alpha value is -0.120. The normalized spacial score (nSPS) is 15.9. The van der Waals surface area contributed by atoms with Crippen LogP contribution in [0.1, 0.15) is 47.5 Å². The molecule has 0 bridgehead atoms. The fourth-order valence-corrected chi connectivity index (χ4v) is 2.06. The highest BCUT2D eigenvalue weighted by molar-refractivity contribution is 4.86. The minimum absolute atomic E-state index is 0.121. The summed E-state index contributed by atoms with van der Waals surface area (Å²) < 4.78 is 11.3. The van der Waals surface area contributed by atoms with Gasteiger partial charge < -0.3 is 14.8 Å². The molecule has 0 rings (SSSR count). The molecule has 17 heavy (non-hydrogen) atoms. The number of rotatable bonds is 9. The first kappa shape index (κ1) is 16.9. The lowest BCUT2D eigenvalue weighted by Gasteiger charge is -2.36. The van der Waals surface area contributed by atoms with Crippen LogP contribution in [0.15, 0.2) is 0 Å². The van der Waals surface area contributed by atoms with E-state index in [1.807, 2.05) is 0 Å². The summed E-state index contributed by atoms with van der Waals surface area (Å²) in [7, 11) is 1.79. The van der Waals surface area contributed by atoms with Gasteiger partial charge in [0.2, 0.25) is 0 Å². The lowest BCUT2D eigenvalue weighted by molar-refractivity contribution is -0.0362. The molecule has 3 nitrogen and oxygen atoms in total. The minimum Gasteiger partial charge on any atom is -0.380 e. The van der Waals surface area contributed by atoms with Crippen LogP contribution in [0.4, 0.5) is 0 Å². The van der Waals surface area contributed by atoms with Gasteiger partial charge in [-0.25, -0.2) is 0 Å². The van der Waals surface area contributed by atoms with Gasteiger partial charge in [0.25, 0.3) is 0 Å². The molecule has 0 fully saturated rings. The third-order valence-corrected chi connectivity index (χ3v) is 2.78. The van der Waals surface area contributed by atoms with Crippen LogP contribution in [-0.4, -0.2) is 39.0 Å². The van der Waals surface area contributed by atoms with Crippen LogP contribution in [0, 0.1) is 5.41 Å². The van der Waals surface area contributed by atoms with Crippen molar-refractivity contribution in [2.75, 3.05) is 26.9 Å². The van der Waals surface area contributed by atoms with Gasteiger partial charge in [-0.05, 0) is 24.8 Å². The molecule has 0 aliphatic heterocycles. The van der Waals surface area contributed by atoms with Crippen molar-refractivity contribution in [3.8, 4) is 0 Å². The van der Waals surface area contributed by atoms with Crippen molar-refractivity contribution in [3.63, 3.8) is 0 Å². The number of ether oxygens (including phenoxy) is 2. The van der Waals surface area contributed by atoms with E-state index in [0.717, 1.165) is 32.6 Å². The Morgan fingerprint density at radius 1 is 1.12 bits per heavy atom. The Morgan fingerprint density at radius 3 is 2.18 bits per heavy atom. The van der Waals surface area contributed by atoms with Crippen molar-refractivity contribution in [1.29, 1.82) is 0 Å². The Kier molecular flexibility index (Phi) is 8.83. The summed E-state index contributed by atoms with van der Waals surface area (Å²) in [5, 5.41) is 3.54. The summed E-state index contributed by atoms with van der Waals surface area (Å²) in [6.45, 7) is 13.5. The molecule has 0 saturated carbocycles. The third-order valence-electron chi connectivity index (χ3n) is 2.78. The maximum Gasteiger partial charge on any atom is 0.0794 e. The van der Waals surface area contributed by atoms with Gasteiger partial charge in [0, 0.05) is 13.7 Å². The second-order valence-electron chi connectivity index (χ2n) is 5.66. The Labute approximate surface area is 107 Å². The van der Waals surface area contributed by atoms with E-state index in [1.54, 1.807) is 7.11 Å². The molecule has 0 saturated heterocycles. The van der Waals surface area contributed by atoms with Gasteiger partial charge >= 0.3 is 0 Å². The first-order chi connectivity index (χ1) is 7.97. The van der Waals surface area contributed by atoms with Gasteiger partial charge in [0.15, 0.2) is 0 Å². The van der Waals surface area contributed by atoms with E-state index in [-0.39, 0.29) is 17.6 Å². The molecule has 1 N–H and O–H groups in total. The average Bonchev–Trinajstić information content (AvgIpc) is 2.24. The lowest BCUT2D eigenvalue weighted by atomic mass is 9.84. The smallest absolute Gasteiger partial charge is 0.0794 e. The summed E-state index contributed by atoms with van der Waals surface area (Å²) >= 11 is 0. The van der Waals surface area contributed by atoms with Gasteiger partial charge in [-0.15, -0.1) is 0 Å². The zero-order valence-electron chi connectivity index (χ0n) is 12.5. The van der Waals surface area contributed by atoms with Gasteiger partial charge in [-0.2, -0.15) is 0 Å². The molecular weight excluding hydrogens is 214 g/mol. The zero-order valence-corrected chi connectivity index (χ0v) is 12.5. The highest BCUT2D eigenvalue weighted by Crippen LogP contribution is 2.24. The first-order valence-corrected chi connectivity index (χ1v) is 6.81. The molecule has 0 radical (unpaired) electrons. The van der Waals surface area contributed by atoms with Crippen LogP contribution in [0.2, 0.25) is 0 Å². The molecule has 0 amide bonds. The van der Waals surface area contributed by atoms with E-state index in [9.17, 15) is 0 Å². The van der Waals surface area contributed by atoms with Crippen LogP contribution >= 0.6 is 0 Å². The Morgan fingerprint density at radius 2 is 1.76 bits per heavy atom. The highest BCUT2D eigenvalue weighted by Gasteiger charge is 2.32. The molecule has 0 aromatic carbocycles. The van der Waals surface area contributed by atoms with Crippen molar-refractivity contribution in [2.24, 2.45) is 5.41 Å². The van der Waals surface area contributed by atoms with Gasteiger partial charge in [0.1, 0.15) is 0 Å². The molecule has 0 heterocycles. The van der Waals surface area contributed by atoms with Crippen molar-refractivity contribution in [3.05, 3.63) is 0 Å². The fourth-order valence-electron chi connectivity index (χ4n) is 2.06. The van der Waals surface area contributed by atoms with Crippen molar-refractivity contribution in [1.82, 2.24) is 5.32 Å². The van der Waals surface area contributed by atoms with Gasteiger partial charge in [0.05, 0.1) is 18.8 Å². The SMILES string of the molecule is CCCNC(COCCC)C(OC)C(C)(C)C. The maximum atomic E-state index is 5.68. The second kappa shape index (κ2) is 8.90. The van der Waals surface area contributed by atoms with Gasteiger partial charge in [-0.3, -0.25) is 0 Å². The van der Waals surface area contributed by atoms with Crippen molar-refractivity contribution in [2.45, 2.75) is 59.6 Å². The Balaban J connectivity index is 4.40. The molecule has 2 unspecified atom stereocenters. The van der Waals surface area contributed by atoms with E-state index in [1.165, 1.54) is 0 Å². The monoisotopic (exact) mass is 245 g/mol. The molecule has 0 aliphatic carbocycles. The van der Waals surface area contributed by atoms with E-state index in [2.05, 4.69) is 39.9 Å². The van der Waals surface area contributed by atoms with Crippen LogP contribution in [0.3, 0.4) is 0 Å². The fraction of sp³-hybridized carbons (Fsp3) is 1.00. The summed E-state index contributed by atoms with van der Waals surface area (Å²) in [5.41, 5.74) is 0.121. The molecular formula is C14H31NO2. The topological polar surface area (TPSA) is 30.5 Å². The van der Waals surface area contributed by atoms with Crippen molar-refractivity contribution >= 4 is 0 Å². The summed E-state index contributed by atoms with van der Waals surface area (Å²) in [4.78, 5) is 0. The van der Waals surface area contributed by atoms with E-state index >= 15 is 0 Å². The molecule has 0 aromatic heterocycles. The number of hydrogen-bond donors (Lipinski definition) is 1. The predicted octanol–water partition coefficient (Wildman–Crippen LogP) is 2.84. The molecule has 2 atom stereocenters. The van der Waals surface area contributed by atoms with E-state index < -0.39 is 0 Å². The van der Waals surface area contributed by atoms with Crippen molar-refractivity contribution < 1.29 is 9.47 Å². The van der Waals surface area contributed by atoms with Gasteiger partial charge in [-0.1, -0.05) is 34.6 Å². The largest absolute Gasteiger partial charge is 0.380 e. The first-order valence-electron chi connectivity index (χ1n) is 6.81. The molecule has 0 spiro atoms. The number of nitrogens with one attached hydrogen (secondary N) is 1. The molecule has 104 valence electrons. The predicted molar refractivity (Wildman–Crippen MR) is 73.4 cm³/mol. The maximum absolute atomic E-state index is 5.68. The highest BCUT2D eigenvalue weighted by atomic mass is 16.5. The summed E-state index contributed by atoms with van der Waals surface area (Å²) in [6.07, 6.45) is 2.37.